The fourth-order valence-corrected chi connectivity index (χ4v) is 2.83. The van der Waals surface area contributed by atoms with Gasteiger partial charge in [-0.25, -0.2) is 0 Å². The lowest BCUT2D eigenvalue weighted by molar-refractivity contribution is 0.104. The molecule has 2 unspecified atom stereocenters. The SMILES string of the molecule is Cc1cc(C)c(C)c(C(O)C(C)C2CC2)c1C. The lowest BCUT2D eigenvalue weighted by Crippen LogP contribution is -2.15. The second kappa shape index (κ2) is 4.45. The first-order valence-electron chi connectivity index (χ1n) is 6.68. The Hall–Kier alpha value is -0.820. The average Bonchev–Trinajstić information content (AvgIpc) is 3.09. The Bertz CT molecular complexity index is 403. The van der Waals surface area contributed by atoms with E-state index in [0.717, 1.165) is 5.92 Å². The molecule has 2 atom stereocenters. The van der Waals surface area contributed by atoms with Crippen molar-refractivity contribution in [1.29, 1.82) is 0 Å². The largest absolute Gasteiger partial charge is 0.388 e. The van der Waals surface area contributed by atoms with Crippen molar-refractivity contribution in [3.05, 3.63) is 33.9 Å². The van der Waals surface area contributed by atoms with Crippen LogP contribution in [-0.2, 0) is 0 Å². The zero-order valence-electron chi connectivity index (χ0n) is 11.7. The van der Waals surface area contributed by atoms with Crippen LogP contribution in [0.3, 0.4) is 0 Å². The first-order chi connectivity index (χ1) is 7.93. The van der Waals surface area contributed by atoms with E-state index in [1.807, 2.05) is 0 Å². The van der Waals surface area contributed by atoms with Gasteiger partial charge < -0.3 is 5.11 Å². The molecule has 1 aliphatic carbocycles. The van der Waals surface area contributed by atoms with Crippen LogP contribution in [0.15, 0.2) is 6.07 Å². The number of hydrogen-bond donors (Lipinski definition) is 1. The third-order valence-electron chi connectivity index (χ3n) is 4.58. The Morgan fingerprint density at radius 2 is 1.53 bits per heavy atom. The summed E-state index contributed by atoms with van der Waals surface area (Å²) in [5, 5.41) is 10.6. The number of rotatable bonds is 3. The van der Waals surface area contributed by atoms with Crippen LogP contribution in [0.4, 0.5) is 0 Å². The molecule has 0 aromatic heterocycles. The first-order valence-corrected chi connectivity index (χ1v) is 6.68. The molecule has 0 bridgehead atoms. The number of benzene rings is 1. The van der Waals surface area contributed by atoms with Gasteiger partial charge in [0.25, 0.3) is 0 Å². The van der Waals surface area contributed by atoms with Crippen LogP contribution in [0, 0.1) is 39.5 Å². The van der Waals surface area contributed by atoms with E-state index >= 15 is 0 Å². The van der Waals surface area contributed by atoms with Gasteiger partial charge in [0.2, 0.25) is 0 Å². The number of aliphatic hydroxyl groups excluding tert-OH is 1. The summed E-state index contributed by atoms with van der Waals surface area (Å²) >= 11 is 0. The molecule has 0 radical (unpaired) electrons. The number of hydrogen-bond acceptors (Lipinski definition) is 1. The summed E-state index contributed by atoms with van der Waals surface area (Å²) in [6.07, 6.45) is 2.29. The lowest BCUT2D eigenvalue weighted by Gasteiger charge is -2.24. The minimum absolute atomic E-state index is 0.291. The molecule has 0 spiro atoms. The summed E-state index contributed by atoms with van der Waals surface area (Å²) in [5.41, 5.74) is 6.32. The fraction of sp³-hybridized carbons (Fsp3) is 0.625. The summed E-state index contributed by atoms with van der Waals surface area (Å²) in [6, 6.07) is 2.22. The van der Waals surface area contributed by atoms with Gasteiger partial charge in [-0.3, -0.25) is 0 Å². The zero-order chi connectivity index (χ0) is 12.7. The maximum atomic E-state index is 10.6. The standard InChI is InChI=1S/C16H24O/c1-9-8-10(2)12(4)15(11(9)3)16(17)13(5)14-6-7-14/h8,13-14,16-17H,6-7H2,1-5H3. The molecular formula is C16H24O. The van der Waals surface area contributed by atoms with Gasteiger partial charge >= 0.3 is 0 Å². The van der Waals surface area contributed by atoms with E-state index in [-0.39, 0.29) is 6.10 Å². The predicted octanol–water partition coefficient (Wildman–Crippen LogP) is 4.00. The van der Waals surface area contributed by atoms with Gasteiger partial charge in [0, 0.05) is 0 Å². The van der Waals surface area contributed by atoms with Gasteiger partial charge in [-0.1, -0.05) is 13.0 Å². The predicted molar refractivity (Wildman–Crippen MR) is 72.2 cm³/mol. The fourth-order valence-electron chi connectivity index (χ4n) is 2.83. The minimum Gasteiger partial charge on any atom is -0.388 e. The van der Waals surface area contributed by atoms with Crippen molar-refractivity contribution in [1.82, 2.24) is 0 Å². The van der Waals surface area contributed by atoms with E-state index in [0.29, 0.717) is 5.92 Å². The van der Waals surface area contributed by atoms with Crippen molar-refractivity contribution in [2.24, 2.45) is 11.8 Å². The monoisotopic (exact) mass is 232 g/mol. The molecule has 94 valence electrons. The minimum atomic E-state index is -0.291. The van der Waals surface area contributed by atoms with Gasteiger partial charge in [0.1, 0.15) is 0 Å². The van der Waals surface area contributed by atoms with Crippen LogP contribution in [0.1, 0.15) is 53.7 Å². The van der Waals surface area contributed by atoms with E-state index in [1.54, 1.807) is 0 Å². The molecule has 1 N–H and O–H groups in total. The van der Waals surface area contributed by atoms with E-state index in [1.165, 1.54) is 40.7 Å². The van der Waals surface area contributed by atoms with Crippen LogP contribution in [0.2, 0.25) is 0 Å². The molecule has 1 aromatic rings. The maximum Gasteiger partial charge on any atom is 0.0823 e. The highest BCUT2D eigenvalue weighted by Crippen LogP contribution is 2.44. The van der Waals surface area contributed by atoms with E-state index in [2.05, 4.69) is 40.7 Å². The molecule has 1 aliphatic rings. The Balaban J connectivity index is 2.42. The lowest BCUT2D eigenvalue weighted by atomic mass is 9.85. The Labute approximate surface area is 105 Å². The molecule has 2 rings (SSSR count). The van der Waals surface area contributed by atoms with Gasteiger partial charge in [0.15, 0.2) is 0 Å². The molecule has 0 heterocycles. The highest BCUT2D eigenvalue weighted by molar-refractivity contribution is 5.45. The highest BCUT2D eigenvalue weighted by Gasteiger charge is 2.34. The highest BCUT2D eigenvalue weighted by atomic mass is 16.3. The van der Waals surface area contributed by atoms with Crippen LogP contribution < -0.4 is 0 Å². The molecule has 1 saturated carbocycles. The van der Waals surface area contributed by atoms with Crippen LogP contribution in [0.5, 0.6) is 0 Å². The normalized spacial score (nSPS) is 19.2. The molecule has 0 amide bonds. The molecule has 1 nitrogen and oxygen atoms in total. The van der Waals surface area contributed by atoms with Crippen molar-refractivity contribution in [2.45, 2.75) is 53.6 Å². The van der Waals surface area contributed by atoms with Gasteiger partial charge in [-0.2, -0.15) is 0 Å². The van der Waals surface area contributed by atoms with Crippen LogP contribution in [0.25, 0.3) is 0 Å². The zero-order valence-corrected chi connectivity index (χ0v) is 11.7. The van der Waals surface area contributed by atoms with Gasteiger partial charge in [0.05, 0.1) is 6.10 Å². The molecule has 0 aliphatic heterocycles. The molecular weight excluding hydrogens is 208 g/mol. The van der Waals surface area contributed by atoms with Crippen molar-refractivity contribution in [2.75, 3.05) is 0 Å². The molecule has 0 saturated heterocycles. The maximum absolute atomic E-state index is 10.6. The average molecular weight is 232 g/mol. The molecule has 1 aromatic carbocycles. The second-order valence-electron chi connectivity index (χ2n) is 5.82. The quantitative estimate of drug-likeness (QED) is 0.835. The topological polar surface area (TPSA) is 20.2 Å². The third-order valence-corrected chi connectivity index (χ3v) is 4.58. The summed E-state index contributed by atoms with van der Waals surface area (Å²) in [6.45, 7) is 10.7. The van der Waals surface area contributed by atoms with Crippen molar-refractivity contribution in [3.8, 4) is 0 Å². The molecule has 1 heteroatoms. The number of aliphatic hydroxyl groups is 1. The van der Waals surface area contributed by atoms with Crippen molar-refractivity contribution in [3.63, 3.8) is 0 Å². The second-order valence-corrected chi connectivity index (χ2v) is 5.82. The third kappa shape index (κ3) is 2.26. The Kier molecular flexibility index (Phi) is 3.31. The van der Waals surface area contributed by atoms with Crippen LogP contribution >= 0.6 is 0 Å². The first kappa shape index (κ1) is 12.6. The summed E-state index contributed by atoms with van der Waals surface area (Å²) in [5.74, 6) is 1.14. The smallest absolute Gasteiger partial charge is 0.0823 e. The van der Waals surface area contributed by atoms with Gasteiger partial charge in [-0.05, 0) is 80.2 Å². The van der Waals surface area contributed by atoms with E-state index < -0.39 is 0 Å². The molecule has 17 heavy (non-hydrogen) atoms. The van der Waals surface area contributed by atoms with E-state index in [4.69, 9.17) is 0 Å². The summed E-state index contributed by atoms with van der Waals surface area (Å²) in [4.78, 5) is 0. The van der Waals surface area contributed by atoms with E-state index in [9.17, 15) is 5.11 Å². The summed E-state index contributed by atoms with van der Waals surface area (Å²) < 4.78 is 0. The Morgan fingerprint density at radius 3 is 1.94 bits per heavy atom. The van der Waals surface area contributed by atoms with Crippen molar-refractivity contribution >= 4 is 0 Å². The summed E-state index contributed by atoms with van der Waals surface area (Å²) in [7, 11) is 0. The van der Waals surface area contributed by atoms with Gasteiger partial charge in [-0.15, -0.1) is 0 Å². The Morgan fingerprint density at radius 1 is 1.06 bits per heavy atom. The molecule has 1 fully saturated rings. The number of aryl methyl sites for hydroxylation is 2. The van der Waals surface area contributed by atoms with Crippen molar-refractivity contribution < 1.29 is 5.11 Å². The van der Waals surface area contributed by atoms with Crippen LogP contribution in [-0.4, -0.2) is 5.11 Å².